The quantitative estimate of drug-likeness (QED) is 0.782. The molecule has 1 aromatic carbocycles. The monoisotopic (exact) mass is 345 g/mol. The van der Waals surface area contributed by atoms with E-state index in [9.17, 15) is 9.59 Å². The summed E-state index contributed by atoms with van der Waals surface area (Å²) in [7, 11) is 4.48. The third-order valence-electron chi connectivity index (χ3n) is 5.13. The van der Waals surface area contributed by atoms with Crippen LogP contribution in [0.3, 0.4) is 0 Å². The Morgan fingerprint density at radius 3 is 2.24 bits per heavy atom. The van der Waals surface area contributed by atoms with E-state index in [0.29, 0.717) is 5.57 Å². The average Bonchev–Trinajstić information content (AvgIpc) is 2.65. The molecule has 1 amide bonds. The molecule has 0 saturated heterocycles. The third-order valence-corrected chi connectivity index (χ3v) is 5.13. The molecule has 2 bridgehead atoms. The van der Waals surface area contributed by atoms with E-state index in [1.807, 2.05) is 31.2 Å². The second kappa shape index (κ2) is 6.71. The number of hydrogen-bond donors (Lipinski definition) is 0. The fraction of sp³-hybridized carbons (Fsp3) is 0.474. The summed E-state index contributed by atoms with van der Waals surface area (Å²) in [6.07, 6.45) is 2.19. The van der Waals surface area contributed by atoms with Crippen LogP contribution in [0, 0.1) is 12.8 Å². The van der Waals surface area contributed by atoms with Gasteiger partial charge in [-0.2, -0.15) is 0 Å². The van der Waals surface area contributed by atoms with E-state index in [-0.39, 0.29) is 30.4 Å². The van der Waals surface area contributed by atoms with Crippen LogP contribution in [0.2, 0.25) is 0 Å². The molecule has 25 heavy (non-hydrogen) atoms. The van der Waals surface area contributed by atoms with E-state index in [1.165, 1.54) is 26.4 Å². The summed E-state index contributed by atoms with van der Waals surface area (Å²) < 4.78 is 11.4. The lowest BCUT2D eigenvalue weighted by atomic mass is 9.78. The first-order chi connectivity index (χ1) is 12.0. The molecule has 0 spiro atoms. The lowest BCUT2D eigenvalue weighted by Gasteiger charge is -2.46. The number of methoxy groups -OCH3 is 2. The van der Waals surface area contributed by atoms with E-state index >= 15 is 0 Å². The van der Waals surface area contributed by atoms with Crippen molar-refractivity contribution in [3.8, 4) is 0 Å². The van der Waals surface area contributed by atoms with Gasteiger partial charge in [-0.3, -0.25) is 14.4 Å². The molecule has 1 fully saturated rings. The molecule has 1 aromatic rings. The first kappa shape index (κ1) is 17.8. The third kappa shape index (κ3) is 2.80. The number of nitrogens with zero attached hydrogens (tertiary/aromatic N) is 1. The zero-order chi connectivity index (χ0) is 18.2. The molecule has 1 saturated carbocycles. The Hall–Kier alpha value is -2.02. The van der Waals surface area contributed by atoms with Crippen LogP contribution in [0.1, 0.15) is 24.0 Å². The SMILES string of the molecule is CON1C(=O)C(c2ccc(C)cc2)=C[C@H]2CC(=O)C[C@@H]1C2(OC)OC. The van der Waals surface area contributed by atoms with Crippen LogP contribution in [-0.4, -0.2) is 49.9 Å². The maximum atomic E-state index is 13.1. The molecule has 1 aliphatic carbocycles. The summed E-state index contributed by atoms with van der Waals surface area (Å²) in [5.74, 6) is -1.75. The van der Waals surface area contributed by atoms with Gasteiger partial charge >= 0.3 is 0 Å². The summed E-state index contributed by atoms with van der Waals surface area (Å²) in [5.41, 5.74) is 2.37. The molecule has 1 heterocycles. The average molecular weight is 345 g/mol. The normalized spacial score (nSPS) is 25.6. The molecule has 2 aliphatic rings. The molecule has 2 atom stereocenters. The highest BCUT2D eigenvalue weighted by Crippen LogP contribution is 2.44. The minimum absolute atomic E-state index is 0.0518. The molecule has 1 aliphatic heterocycles. The first-order valence-corrected chi connectivity index (χ1v) is 8.25. The van der Waals surface area contributed by atoms with Crippen LogP contribution < -0.4 is 0 Å². The van der Waals surface area contributed by atoms with E-state index in [0.717, 1.165) is 11.1 Å². The number of hydroxylamine groups is 2. The van der Waals surface area contributed by atoms with Crippen molar-refractivity contribution >= 4 is 17.3 Å². The molecular formula is C19H23NO5. The van der Waals surface area contributed by atoms with Gasteiger partial charge in [0.2, 0.25) is 0 Å². The number of carbonyl (C=O) groups is 2. The Labute approximate surface area is 147 Å². The molecule has 6 heteroatoms. The van der Waals surface area contributed by atoms with Gasteiger partial charge in [-0.1, -0.05) is 35.9 Å². The van der Waals surface area contributed by atoms with Crippen molar-refractivity contribution in [2.75, 3.05) is 21.3 Å². The number of carbonyl (C=O) groups excluding carboxylic acids is 2. The van der Waals surface area contributed by atoms with Crippen molar-refractivity contribution in [3.05, 3.63) is 41.5 Å². The summed E-state index contributed by atoms with van der Waals surface area (Å²) in [5, 5.41) is 1.22. The van der Waals surface area contributed by atoms with Crippen molar-refractivity contribution in [1.82, 2.24) is 5.06 Å². The smallest absolute Gasteiger partial charge is 0.278 e. The summed E-state index contributed by atoms with van der Waals surface area (Å²) in [4.78, 5) is 30.8. The minimum atomic E-state index is -1.12. The topological polar surface area (TPSA) is 65.1 Å². The second-order valence-corrected chi connectivity index (χ2v) is 6.46. The molecule has 0 N–H and O–H groups in total. The van der Waals surface area contributed by atoms with E-state index in [1.54, 1.807) is 6.08 Å². The largest absolute Gasteiger partial charge is 0.351 e. The molecule has 6 nitrogen and oxygen atoms in total. The minimum Gasteiger partial charge on any atom is -0.351 e. The zero-order valence-corrected chi connectivity index (χ0v) is 14.9. The van der Waals surface area contributed by atoms with Crippen LogP contribution in [0.15, 0.2) is 30.3 Å². The number of fused-ring (bicyclic) bond motifs is 2. The molecule has 3 rings (SSSR count). The maximum Gasteiger partial charge on any atom is 0.278 e. The van der Waals surface area contributed by atoms with Gasteiger partial charge in [0.1, 0.15) is 11.8 Å². The van der Waals surface area contributed by atoms with Crippen LogP contribution in [0.5, 0.6) is 0 Å². The first-order valence-electron chi connectivity index (χ1n) is 8.25. The van der Waals surface area contributed by atoms with Crippen LogP contribution in [-0.2, 0) is 23.9 Å². The predicted octanol–water partition coefficient (Wildman–Crippen LogP) is 2.12. The van der Waals surface area contributed by atoms with Crippen LogP contribution >= 0.6 is 0 Å². The summed E-state index contributed by atoms with van der Waals surface area (Å²) >= 11 is 0. The highest BCUT2D eigenvalue weighted by atomic mass is 16.7. The fourth-order valence-corrected chi connectivity index (χ4v) is 3.85. The Morgan fingerprint density at radius 1 is 1.04 bits per heavy atom. The van der Waals surface area contributed by atoms with Gasteiger partial charge in [-0.15, -0.1) is 0 Å². The van der Waals surface area contributed by atoms with Crippen molar-refractivity contribution in [2.45, 2.75) is 31.6 Å². The van der Waals surface area contributed by atoms with Crippen LogP contribution in [0.4, 0.5) is 0 Å². The summed E-state index contributed by atoms with van der Waals surface area (Å²) in [6, 6.07) is 7.03. The Morgan fingerprint density at radius 2 is 1.68 bits per heavy atom. The Bertz CT molecular complexity index is 705. The van der Waals surface area contributed by atoms with E-state index in [2.05, 4.69) is 0 Å². The molecular weight excluding hydrogens is 322 g/mol. The lowest BCUT2D eigenvalue weighted by molar-refractivity contribution is -0.303. The number of hydrogen-bond acceptors (Lipinski definition) is 5. The number of Topliss-reactive ketones (excluding diaryl/α,β-unsaturated/α-hetero) is 1. The lowest BCUT2D eigenvalue weighted by Crippen LogP contribution is -2.62. The van der Waals surface area contributed by atoms with Gasteiger partial charge in [0.25, 0.3) is 5.91 Å². The van der Waals surface area contributed by atoms with Gasteiger partial charge in [0, 0.05) is 38.6 Å². The van der Waals surface area contributed by atoms with Gasteiger partial charge in [-0.25, -0.2) is 5.06 Å². The summed E-state index contributed by atoms with van der Waals surface area (Å²) in [6.45, 7) is 1.99. The van der Waals surface area contributed by atoms with Gasteiger partial charge < -0.3 is 9.47 Å². The van der Waals surface area contributed by atoms with Gasteiger partial charge in [-0.05, 0) is 12.5 Å². The molecule has 0 aromatic heterocycles. The number of aryl methyl sites for hydroxylation is 1. The van der Waals surface area contributed by atoms with Gasteiger partial charge in [0.05, 0.1) is 7.11 Å². The Balaban J connectivity index is 2.18. The second-order valence-electron chi connectivity index (χ2n) is 6.46. The Kier molecular flexibility index (Phi) is 4.77. The number of rotatable bonds is 4. The number of benzene rings is 1. The standard InChI is InChI=1S/C19H23NO5/c1-12-5-7-13(8-6-12)16-10-14-9-15(21)11-17(19(14,23-2)24-3)20(25-4)18(16)22/h5-8,10,14,17H,9,11H2,1-4H3/t14-,17-/m1/s1. The van der Waals surface area contributed by atoms with Crippen molar-refractivity contribution in [2.24, 2.45) is 5.92 Å². The van der Waals surface area contributed by atoms with E-state index in [4.69, 9.17) is 14.3 Å². The highest BCUT2D eigenvalue weighted by Gasteiger charge is 2.57. The number of amides is 1. The fourth-order valence-electron chi connectivity index (χ4n) is 3.85. The number of ether oxygens (including phenoxy) is 2. The van der Waals surface area contributed by atoms with Crippen molar-refractivity contribution in [1.29, 1.82) is 0 Å². The van der Waals surface area contributed by atoms with E-state index < -0.39 is 11.8 Å². The van der Waals surface area contributed by atoms with Crippen molar-refractivity contribution in [3.63, 3.8) is 0 Å². The number of ketones is 1. The van der Waals surface area contributed by atoms with Crippen molar-refractivity contribution < 1.29 is 23.9 Å². The molecule has 0 radical (unpaired) electrons. The zero-order valence-electron chi connectivity index (χ0n) is 14.9. The van der Waals surface area contributed by atoms with Gasteiger partial charge in [0.15, 0.2) is 5.79 Å². The molecule has 134 valence electrons. The maximum absolute atomic E-state index is 13.1. The van der Waals surface area contributed by atoms with Crippen LogP contribution in [0.25, 0.3) is 5.57 Å². The predicted molar refractivity (Wildman–Crippen MR) is 91.3 cm³/mol. The molecule has 0 unspecified atom stereocenters. The highest BCUT2D eigenvalue weighted by molar-refractivity contribution is 6.19.